The van der Waals surface area contributed by atoms with Crippen LogP contribution in [-0.2, 0) is 6.54 Å². The van der Waals surface area contributed by atoms with Crippen molar-refractivity contribution in [2.24, 2.45) is 0 Å². The summed E-state index contributed by atoms with van der Waals surface area (Å²) in [6, 6.07) is 2.19. The minimum absolute atomic E-state index is 0.990. The molecule has 3 nitrogen and oxygen atoms in total. The maximum Gasteiger partial charge on any atom is 0.0300 e. The Morgan fingerprint density at radius 1 is 1.35 bits per heavy atom. The molecular formula is C12H20BrN3S. The number of likely N-dealkylation sites (N-methyl/N-ethyl adjacent to an activating group) is 1. The van der Waals surface area contributed by atoms with Crippen molar-refractivity contribution in [3.8, 4) is 0 Å². The van der Waals surface area contributed by atoms with Crippen molar-refractivity contribution in [3.05, 3.63) is 20.8 Å². The molecule has 0 amide bonds. The van der Waals surface area contributed by atoms with Gasteiger partial charge in [0.2, 0.25) is 0 Å². The molecule has 1 aromatic rings. The molecule has 0 atom stereocenters. The van der Waals surface area contributed by atoms with Crippen LogP contribution in [0, 0.1) is 0 Å². The van der Waals surface area contributed by atoms with Gasteiger partial charge in [-0.05, 0) is 29.0 Å². The molecule has 0 aliphatic carbocycles. The van der Waals surface area contributed by atoms with Gasteiger partial charge in [0.15, 0.2) is 0 Å². The molecule has 1 aliphatic rings. The number of halogens is 1. The van der Waals surface area contributed by atoms with Gasteiger partial charge in [-0.2, -0.15) is 0 Å². The van der Waals surface area contributed by atoms with E-state index in [0.717, 1.165) is 13.1 Å². The van der Waals surface area contributed by atoms with Crippen molar-refractivity contribution in [1.82, 2.24) is 15.1 Å². The van der Waals surface area contributed by atoms with Gasteiger partial charge in [0, 0.05) is 60.5 Å². The van der Waals surface area contributed by atoms with E-state index >= 15 is 0 Å². The molecule has 1 N–H and O–H groups in total. The largest absolute Gasteiger partial charge is 0.311 e. The second kappa shape index (κ2) is 6.85. The fourth-order valence-corrected chi connectivity index (χ4v) is 3.39. The van der Waals surface area contributed by atoms with Crippen molar-refractivity contribution < 1.29 is 0 Å². The van der Waals surface area contributed by atoms with E-state index in [1.54, 1.807) is 11.3 Å². The Morgan fingerprint density at radius 3 is 2.76 bits per heavy atom. The van der Waals surface area contributed by atoms with Crippen LogP contribution in [0.25, 0.3) is 0 Å². The van der Waals surface area contributed by atoms with Crippen molar-refractivity contribution in [2.45, 2.75) is 6.54 Å². The lowest BCUT2D eigenvalue weighted by Gasteiger charge is -2.32. The molecule has 1 fully saturated rings. The molecule has 1 aromatic heterocycles. The third kappa shape index (κ3) is 4.67. The molecule has 96 valence electrons. The summed E-state index contributed by atoms with van der Waals surface area (Å²) in [5, 5.41) is 5.64. The first kappa shape index (κ1) is 13.5. The lowest BCUT2D eigenvalue weighted by Crippen LogP contribution is -2.46. The van der Waals surface area contributed by atoms with E-state index in [2.05, 4.69) is 49.5 Å². The Labute approximate surface area is 116 Å². The van der Waals surface area contributed by atoms with Gasteiger partial charge in [-0.25, -0.2) is 0 Å². The molecule has 2 rings (SSSR count). The normalized spacial score (nSPS) is 18.7. The van der Waals surface area contributed by atoms with Gasteiger partial charge in [-0.1, -0.05) is 0 Å². The van der Waals surface area contributed by atoms with Gasteiger partial charge < -0.3 is 10.2 Å². The van der Waals surface area contributed by atoms with E-state index in [-0.39, 0.29) is 0 Å². The number of rotatable bonds is 5. The number of hydrogen-bond donors (Lipinski definition) is 1. The number of hydrogen-bond acceptors (Lipinski definition) is 4. The number of nitrogens with one attached hydrogen (secondary N) is 1. The summed E-state index contributed by atoms with van der Waals surface area (Å²) in [5.41, 5.74) is 0. The van der Waals surface area contributed by atoms with Crippen LogP contribution >= 0.6 is 27.3 Å². The molecule has 0 bridgehead atoms. The molecule has 0 saturated carbocycles. The Morgan fingerprint density at radius 2 is 2.12 bits per heavy atom. The standard InChI is InChI=1S/C12H20BrN3S/c1-15-4-6-16(7-5-15)3-2-14-9-12-8-11(13)10-17-12/h8,10,14H,2-7,9H2,1H3. The van der Waals surface area contributed by atoms with Gasteiger partial charge in [0.05, 0.1) is 0 Å². The summed E-state index contributed by atoms with van der Waals surface area (Å²) in [5.74, 6) is 0. The van der Waals surface area contributed by atoms with Crippen LogP contribution in [0.3, 0.4) is 0 Å². The molecule has 0 unspecified atom stereocenters. The van der Waals surface area contributed by atoms with Crippen molar-refractivity contribution in [3.63, 3.8) is 0 Å². The van der Waals surface area contributed by atoms with E-state index in [4.69, 9.17) is 0 Å². The van der Waals surface area contributed by atoms with Crippen molar-refractivity contribution >= 4 is 27.3 Å². The zero-order valence-corrected chi connectivity index (χ0v) is 12.7. The SMILES string of the molecule is CN1CCN(CCNCc2cc(Br)cs2)CC1. The highest BCUT2D eigenvalue weighted by molar-refractivity contribution is 9.10. The van der Waals surface area contributed by atoms with Crippen molar-refractivity contribution in [2.75, 3.05) is 46.3 Å². The zero-order valence-electron chi connectivity index (χ0n) is 10.3. The third-order valence-corrected chi connectivity index (χ3v) is 4.82. The predicted octanol–water partition coefficient (Wildman–Crippen LogP) is 1.85. The Balaban J connectivity index is 1.57. The van der Waals surface area contributed by atoms with Crippen LogP contribution in [0.4, 0.5) is 0 Å². The van der Waals surface area contributed by atoms with Crippen LogP contribution in [0.5, 0.6) is 0 Å². The lowest BCUT2D eigenvalue weighted by molar-refractivity contribution is 0.154. The Hall–Kier alpha value is 0.0600. The Bertz CT molecular complexity index is 334. The van der Waals surface area contributed by atoms with E-state index in [1.165, 1.54) is 42.1 Å². The summed E-state index contributed by atoms with van der Waals surface area (Å²) in [6.07, 6.45) is 0. The van der Waals surface area contributed by atoms with E-state index < -0.39 is 0 Å². The van der Waals surface area contributed by atoms with Crippen LogP contribution in [0.2, 0.25) is 0 Å². The lowest BCUT2D eigenvalue weighted by atomic mass is 10.3. The van der Waals surface area contributed by atoms with Crippen LogP contribution in [0.1, 0.15) is 4.88 Å². The molecule has 2 heterocycles. The fourth-order valence-electron chi connectivity index (χ4n) is 1.97. The highest BCUT2D eigenvalue weighted by Gasteiger charge is 2.12. The van der Waals surface area contributed by atoms with Gasteiger partial charge in [0.25, 0.3) is 0 Å². The summed E-state index contributed by atoms with van der Waals surface area (Å²) >= 11 is 5.29. The smallest absolute Gasteiger partial charge is 0.0300 e. The molecular weight excluding hydrogens is 298 g/mol. The molecule has 0 radical (unpaired) electrons. The van der Waals surface area contributed by atoms with Gasteiger partial charge in [-0.15, -0.1) is 11.3 Å². The van der Waals surface area contributed by atoms with Crippen LogP contribution < -0.4 is 5.32 Å². The third-order valence-electron chi connectivity index (χ3n) is 3.12. The summed E-state index contributed by atoms with van der Waals surface area (Å²) in [4.78, 5) is 6.33. The van der Waals surface area contributed by atoms with E-state index in [9.17, 15) is 0 Å². The maximum absolute atomic E-state index is 3.51. The Kier molecular flexibility index (Phi) is 5.44. The summed E-state index contributed by atoms with van der Waals surface area (Å²) in [6.45, 7) is 8.07. The first-order chi connectivity index (χ1) is 8.24. The van der Waals surface area contributed by atoms with Crippen molar-refractivity contribution in [1.29, 1.82) is 0 Å². The summed E-state index contributed by atoms with van der Waals surface area (Å²) in [7, 11) is 2.20. The highest BCUT2D eigenvalue weighted by atomic mass is 79.9. The fraction of sp³-hybridized carbons (Fsp3) is 0.667. The number of thiophene rings is 1. The molecule has 17 heavy (non-hydrogen) atoms. The minimum atomic E-state index is 0.990. The summed E-state index contributed by atoms with van der Waals surface area (Å²) < 4.78 is 1.19. The van der Waals surface area contributed by atoms with Gasteiger partial charge >= 0.3 is 0 Å². The van der Waals surface area contributed by atoms with Gasteiger partial charge in [0.1, 0.15) is 0 Å². The molecule has 1 aliphatic heterocycles. The second-order valence-electron chi connectivity index (χ2n) is 4.55. The monoisotopic (exact) mass is 317 g/mol. The first-order valence-electron chi connectivity index (χ1n) is 6.08. The zero-order chi connectivity index (χ0) is 12.1. The van der Waals surface area contributed by atoms with Crippen LogP contribution in [0.15, 0.2) is 15.9 Å². The molecule has 1 saturated heterocycles. The average molecular weight is 318 g/mol. The number of nitrogens with zero attached hydrogens (tertiary/aromatic N) is 2. The first-order valence-corrected chi connectivity index (χ1v) is 7.76. The molecule has 0 aromatic carbocycles. The maximum atomic E-state index is 3.51. The quantitative estimate of drug-likeness (QED) is 0.836. The molecule has 5 heteroatoms. The van der Waals surface area contributed by atoms with E-state index in [1.807, 2.05) is 0 Å². The topological polar surface area (TPSA) is 18.5 Å². The van der Waals surface area contributed by atoms with Crippen LogP contribution in [-0.4, -0.2) is 56.1 Å². The van der Waals surface area contributed by atoms with Gasteiger partial charge in [-0.3, -0.25) is 4.90 Å². The average Bonchev–Trinajstić information content (AvgIpc) is 2.73. The van der Waals surface area contributed by atoms with E-state index in [0.29, 0.717) is 0 Å². The molecule has 0 spiro atoms. The minimum Gasteiger partial charge on any atom is -0.311 e. The predicted molar refractivity (Wildman–Crippen MR) is 77.7 cm³/mol. The highest BCUT2D eigenvalue weighted by Crippen LogP contribution is 2.19. The second-order valence-corrected chi connectivity index (χ2v) is 6.46. The number of piperazine rings is 1.